The van der Waals surface area contributed by atoms with Crippen molar-refractivity contribution in [3.05, 3.63) is 71.3 Å². The first kappa shape index (κ1) is 19.3. The van der Waals surface area contributed by atoms with Crippen LogP contribution in [0, 0.1) is 0 Å². The first-order chi connectivity index (χ1) is 13.0. The molecule has 2 aromatic carbocycles. The highest BCUT2D eigenvalue weighted by Gasteiger charge is 2.22. The molecular formula is C23H28N2O2. The van der Waals surface area contributed by atoms with E-state index >= 15 is 0 Å². The maximum Gasteiger partial charge on any atom is 0.253 e. The maximum atomic E-state index is 12.7. The molecule has 2 aromatic rings. The zero-order valence-corrected chi connectivity index (χ0v) is 16.2. The summed E-state index contributed by atoms with van der Waals surface area (Å²) in [5, 5.41) is 0. The summed E-state index contributed by atoms with van der Waals surface area (Å²) in [4.78, 5) is 29.1. The van der Waals surface area contributed by atoms with Gasteiger partial charge < -0.3 is 4.90 Å². The number of carbonyl (C=O) groups is 2. The van der Waals surface area contributed by atoms with Crippen LogP contribution in [0.4, 0.5) is 0 Å². The summed E-state index contributed by atoms with van der Waals surface area (Å²) in [6.07, 6.45) is 0.522. The second-order valence-corrected chi connectivity index (χ2v) is 7.45. The second kappa shape index (κ2) is 8.96. The normalized spacial score (nSPS) is 15.1. The monoisotopic (exact) mass is 364 g/mol. The highest BCUT2D eigenvalue weighted by molar-refractivity contribution is 5.96. The van der Waals surface area contributed by atoms with Gasteiger partial charge >= 0.3 is 0 Å². The number of Topliss-reactive ketones (excluding diaryl/α,β-unsaturated/α-hetero) is 1. The van der Waals surface area contributed by atoms with Gasteiger partial charge in [-0.2, -0.15) is 0 Å². The van der Waals surface area contributed by atoms with E-state index in [-0.39, 0.29) is 11.7 Å². The lowest BCUT2D eigenvalue weighted by molar-refractivity contribution is 0.0628. The lowest BCUT2D eigenvalue weighted by Crippen LogP contribution is -2.49. The zero-order valence-electron chi connectivity index (χ0n) is 16.2. The number of piperazine rings is 1. The molecule has 0 saturated carbocycles. The first-order valence-corrected chi connectivity index (χ1v) is 9.74. The molecule has 3 rings (SSSR count). The van der Waals surface area contributed by atoms with Gasteiger partial charge in [0.25, 0.3) is 5.91 Å². The van der Waals surface area contributed by atoms with Gasteiger partial charge in [-0.05, 0) is 23.6 Å². The lowest BCUT2D eigenvalue weighted by atomic mass is 10.0. The van der Waals surface area contributed by atoms with Crippen molar-refractivity contribution in [1.82, 2.24) is 9.80 Å². The van der Waals surface area contributed by atoms with Gasteiger partial charge in [-0.25, -0.2) is 0 Å². The lowest BCUT2D eigenvalue weighted by Gasteiger charge is -2.34. The Hall–Kier alpha value is -2.46. The molecule has 1 amide bonds. The van der Waals surface area contributed by atoms with Gasteiger partial charge in [0.05, 0.1) is 0 Å². The Labute approximate surface area is 161 Å². The highest BCUT2D eigenvalue weighted by Crippen LogP contribution is 2.16. The minimum absolute atomic E-state index is 0.102. The third-order valence-corrected chi connectivity index (χ3v) is 5.23. The molecule has 142 valence electrons. The molecule has 0 bridgehead atoms. The molecule has 0 aliphatic carbocycles. The van der Waals surface area contributed by atoms with Crippen LogP contribution in [0.5, 0.6) is 0 Å². The number of rotatable bonds is 6. The third kappa shape index (κ3) is 5.04. The van der Waals surface area contributed by atoms with E-state index in [9.17, 15) is 9.59 Å². The molecule has 1 aliphatic heterocycles. The Bertz CT molecular complexity index is 761. The minimum atomic E-state index is 0.102. The average Bonchev–Trinajstić information content (AvgIpc) is 2.72. The molecule has 1 saturated heterocycles. The van der Waals surface area contributed by atoms with Gasteiger partial charge in [-0.3, -0.25) is 14.5 Å². The Morgan fingerprint density at radius 1 is 0.852 bits per heavy atom. The minimum Gasteiger partial charge on any atom is -0.336 e. The summed E-state index contributed by atoms with van der Waals surface area (Å²) < 4.78 is 0. The molecular weight excluding hydrogens is 336 g/mol. The first-order valence-electron chi connectivity index (χ1n) is 9.74. The molecule has 4 heteroatoms. The van der Waals surface area contributed by atoms with Gasteiger partial charge in [0.2, 0.25) is 0 Å². The van der Waals surface area contributed by atoms with Crippen LogP contribution in [-0.4, -0.2) is 54.2 Å². The molecule has 0 radical (unpaired) electrons. The van der Waals surface area contributed by atoms with Crippen molar-refractivity contribution >= 4 is 11.7 Å². The van der Waals surface area contributed by atoms with Crippen molar-refractivity contribution in [2.24, 2.45) is 0 Å². The molecule has 0 atom stereocenters. The van der Waals surface area contributed by atoms with Crippen LogP contribution < -0.4 is 0 Å². The molecule has 1 heterocycles. The van der Waals surface area contributed by atoms with Crippen molar-refractivity contribution in [3.8, 4) is 0 Å². The maximum absolute atomic E-state index is 12.7. The molecule has 1 aliphatic rings. The summed E-state index contributed by atoms with van der Waals surface area (Å²) in [6.45, 7) is 8.11. The van der Waals surface area contributed by atoms with Crippen molar-refractivity contribution in [3.63, 3.8) is 0 Å². The number of ketones is 1. The number of hydrogen-bond donors (Lipinski definition) is 0. The van der Waals surface area contributed by atoms with Crippen LogP contribution in [0.15, 0.2) is 54.6 Å². The molecule has 4 nitrogen and oxygen atoms in total. The smallest absolute Gasteiger partial charge is 0.253 e. The SMILES string of the molecule is CC(C)c1ccc(C(=O)N2CCN(CCC(=O)c3ccccc3)CC2)cc1. The van der Waals surface area contributed by atoms with Crippen LogP contribution in [0.2, 0.25) is 0 Å². The number of amides is 1. The summed E-state index contributed by atoms with van der Waals surface area (Å²) >= 11 is 0. The van der Waals surface area contributed by atoms with Gasteiger partial charge in [-0.1, -0.05) is 56.3 Å². The van der Waals surface area contributed by atoms with Crippen molar-refractivity contribution < 1.29 is 9.59 Å². The van der Waals surface area contributed by atoms with E-state index in [0.29, 0.717) is 25.4 Å². The van der Waals surface area contributed by atoms with Crippen LogP contribution in [-0.2, 0) is 0 Å². The van der Waals surface area contributed by atoms with Crippen LogP contribution in [0.3, 0.4) is 0 Å². The van der Waals surface area contributed by atoms with Crippen molar-refractivity contribution in [2.45, 2.75) is 26.2 Å². The van der Waals surface area contributed by atoms with Crippen molar-refractivity contribution in [1.29, 1.82) is 0 Å². The fourth-order valence-electron chi connectivity index (χ4n) is 3.40. The molecule has 27 heavy (non-hydrogen) atoms. The number of nitrogens with zero attached hydrogens (tertiary/aromatic N) is 2. The van der Waals surface area contributed by atoms with E-state index in [1.807, 2.05) is 59.5 Å². The number of hydrogen-bond acceptors (Lipinski definition) is 3. The Morgan fingerprint density at radius 3 is 2.07 bits per heavy atom. The fraction of sp³-hybridized carbons (Fsp3) is 0.391. The Balaban J connectivity index is 1.47. The molecule has 1 fully saturated rings. The Morgan fingerprint density at radius 2 is 1.48 bits per heavy atom. The number of benzene rings is 2. The summed E-state index contributed by atoms with van der Waals surface area (Å²) in [5.41, 5.74) is 2.78. The van der Waals surface area contributed by atoms with E-state index in [1.54, 1.807) is 0 Å². The zero-order chi connectivity index (χ0) is 19.2. The van der Waals surface area contributed by atoms with E-state index in [4.69, 9.17) is 0 Å². The van der Waals surface area contributed by atoms with Crippen molar-refractivity contribution in [2.75, 3.05) is 32.7 Å². The molecule has 0 unspecified atom stereocenters. The number of carbonyl (C=O) groups excluding carboxylic acids is 2. The average molecular weight is 364 g/mol. The predicted octanol–water partition coefficient (Wildman–Crippen LogP) is 3.84. The van der Waals surface area contributed by atoms with E-state index < -0.39 is 0 Å². The predicted molar refractivity (Wildman–Crippen MR) is 108 cm³/mol. The largest absolute Gasteiger partial charge is 0.336 e. The van der Waals surface area contributed by atoms with Gasteiger partial charge in [0.1, 0.15) is 0 Å². The summed E-state index contributed by atoms with van der Waals surface area (Å²) in [5.74, 6) is 0.751. The standard InChI is InChI=1S/C23H28N2O2/c1-18(2)19-8-10-21(11-9-19)23(27)25-16-14-24(15-17-25)13-12-22(26)20-6-4-3-5-7-20/h3-11,18H,12-17H2,1-2H3. The molecule has 0 N–H and O–H groups in total. The quantitative estimate of drug-likeness (QED) is 0.731. The highest BCUT2D eigenvalue weighted by atomic mass is 16.2. The summed E-state index contributed by atoms with van der Waals surface area (Å²) in [6, 6.07) is 17.4. The van der Waals surface area contributed by atoms with Crippen LogP contribution >= 0.6 is 0 Å². The molecule has 0 aromatic heterocycles. The van der Waals surface area contributed by atoms with Gasteiger partial charge in [-0.15, -0.1) is 0 Å². The van der Waals surface area contributed by atoms with Gasteiger partial charge in [0, 0.05) is 50.3 Å². The second-order valence-electron chi connectivity index (χ2n) is 7.45. The Kier molecular flexibility index (Phi) is 6.40. The summed E-state index contributed by atoms with van der Waals surface area (Å²) in [7, 11) is 0. The van der Waals surface area contributed by atoms with E-state index in [2.05, 4.69) is 18.7 Å². The van der Waals surface area contributed by atoms with Crippen LogP contribution in [0.25, 0.3) is 0 Å². The fourth-order valence-corrected chi connectivity index (χ4v) is 3.40. The van der Waals surface area contributed by atoms with Crippen LogP contribution in [0.1, 0.15) is 52.5 Å². The topological polar surface area (TPSA) is 40.6 Å². The van der Waals surface area contributed by atoms with Gasteiger partial charge in [0.15, 0.2) is 5.78 Å². The third-order valence-electron chi connectivity index (χ3n) is 5.23. The molecule has 0 spiro atoms. The van der Waals surface area contributed by atoms with E-state index in [1.165, 1.54) is 5.56 Å². The van der Waals surface area contributed by atoms with E-state index in [0.717, 1.165) is 30.8 Å².